The Bertz CT molecular complexity index is 1100. The fourth-order valence-corrected chi connectivity index (χ4v) is 3.81. The van der Waals surface area contributed by atoms with Gasteiger partial charge in [-0.3, -0.25) is 14.3 Å². The maximum atomic E-state index is 11.9. The summed E-state index contributed by atoms with van der Waals surface area (Å²) in [7, 11) is 0. The number of nitrogens with zero attached hydrogens (tertiary/aromatic N) is 3. The van der Waals surface area contributed by atoms with Crippen molar-refractivity contribution >= 4 is 28.7 Å². The van der Waals surface area contributed by atoms with Crippen LogP contribution < -0.4 is 5.56 Å². The highest BCUT2D eigenvalue weighted by atomic mass is 35.5. The lowest BCUT2D eigenvalue weighted by atomic mass is 9.99. The Morgan fingerprint density at radius 2 is 2.07 bits per heavy atom. The summed E-state index contributed by atoms with van der Waals surface area (Å²) in [4.78, 5) is 31.8. The Labute approximate surface area is 165 Å². The average molecular weight is 403 g/mol. The van der Waals surface area contributed by atoms with Crippen molar-refractivity contribution in [2.75, 3.05) is 13.2 Å². The van der Waals surface area contributed by atoms with E-state index in [1.165, 1.54) is 11.2 Å². The highest BCUT2D eigenvalue weighted by molar-refractivity contribution is 6.31. The first-order chi connectivity index (χ1) is 13.3. The first-order valence-electron chi connectivity index (χ1n) is 8.75. The van der Waals surface area contributed by atoms with E-state index < -0.39 is 17.7 Å². The summed E-state index contributed by atoms with van der Waals surface area (Å²) >= 11 is 6.32. The summed E-state index contributed by atoms with van der Waals surface area (Å²) in [6.45, 7) is 4.31. The van der Waals surface area contributed by atoms with Gasteiger partial charge in [0.25, 0.3) is 5.56 Å². The standard InChI is InChI=1S/C19H19ClN4O4/c1-19(2)9-23(18(26)27)14(8-28-19)11-3-5-12(6-4-11)24-15(20)7-13-16(24)21-10-22-17(13)25/h3-7,10,14H,8-9H2,1-2H3,(H,26,27)(H,21,22,25)/t14-/m0/s1. The van der Waals surface area contributed by atoms with E-state index in [0.717, 1.165) is 11.3 Å². The zero-order valence-electron chi connectivity index (χ0n) is 15.3. The van der Waals surface area contributed by atoms with Crippen molar-refractivity contribution in [1.29, 1.82) is 0 Å². The Kier molecular flexibility index (Phi) is 4.40. The number of aromatic nitrogens is 3. The zero-order chi connectivity index (χ0) is 20.1. The summed E-state index contributed by atoms with van der Waals surface area (Å²) in [5.41, 5.74) is 1.21. The van der Waals surface area contributed by atoms with Gasteiger partial charge in [-0.15, -0.1) is 0 Å². The van der Waals surface area contributed by atoms with Crippen molar-refractivity contribution in [3.05, 3.63) is 57.7 Å². The summed E-state index contributed by atoms with van der Waals surface area (Å²) in [6.07, 6.45) is 0.353. The van der Waals surface area contributed by atoms with E-state index >= 15 is 0 Å². The number of morpholine rings is 1. The molecule has 1 amide bonds. The number of ether oxygens (including phenoxy) is 1. The molecule has 1 atom stereocenters. The molecule has 146 valence electrons. The number of carboxylic acid groups (broad SMARTS) is 1. The van der Waals surface area contributed by atoms with Gasteiger partial charge in [0.05, 0.1) is 36.5 Å². The van der Waals surface area contributed by atoms with Crippen LogP contribution in [0.1, 0.15) is 25.5 Å². The van der Waals surface area contributed by atoms with Gasteiger partial charge >= 0.3 is 6.09 Å². The van der Waals surface area contributed by atoms with Crippen LogP contribution in [0.3, 0.4) is 0 Å². The highest BCUT2D eigenvalue weighted by Gasteiger charge is 2.37. The molecule has 2 aromatic heterocycles. The minimum absolute atomic E-state index is 0.263. The molecule has 0 unspecified atom stereocenters. The van der Waals surface area contributed by atoms with E-state index in [4.69, 9.17) is 16.3 Å². The van der Waals surface area contributed by atoms with E-state index in [2.05, 4.69) is 9.97 Å². The number of hydrogen-bond donors (Lipinski definition) is 2. The number of fused-ring (bicyclic) bond motifs is 1. The molecule has 1 aliphatic rings. The molecule has 0 aliphatic carbocycles. The molecule has 1 aromatic carbocycles. The fraction of sp³-hybridized carbons (Fsp3) is 0.316. The predicted octanol–water partition coefficient (Wildman–Crippen LogP) is 3.20. The lowest BCUT2D eigenvalue weighted by molar-refractivity contribution is -0.106. The minimum Gasteiger partial charge on any atom is -0.465 e. The van der Waals surface area contributed by atoms with Crippen molar-refractivity contribution in [1.82, 2.24) is 19.4 Å². The molecule has 3 aromatic rings. The van der Waals surface area contributed by atoms with Crippen molar-refractivity contribution in [2.45, 2.75) is 25.5 Å². The zero-order valence-corrected chi connectivity index (χ0v) is 16.1. The number of hydrogen-bond acceptors (Lipinski definition) is 4. The van der Waals surface area contributed by atoms with E-state index in [-0.39, 0.29) is 18.7 Å². The van der Waals surface area contributed by atoms with Gasteiger partial charge in [-0.05, 0) is 37.6 Å². The van der Waals surface area contributed by atoms with Crippen LogP contribution in [0.15, 0.2) is 41.5 Å². The minimum atomic E-state index is -0.978. The summed E-state index contributed by atoms with van der Waals surface area (Å²) < 4.78 is 7.50. The van der Waals surface area contributed by atoms with Crippen LogP contribution in [0.2, 0.25) is 5.15 Å². The fourth-order valence-electron chi connectivity index (χ4n) is 3.52. The van der Waals surface area contributed by atoms with Gasteiger partial charge in [-0.2, -0.15) is 0 Å². The molecule has 2 N–H and O–H groups in total. The first-order valence-corrected chi connectivity index (χ1v) is 9.13. The maximum Gasteiger partial charge on any atom is 0.407 e. The molecule has 0 saturated carbocycles. The molecule has 8 nitrogen and oxygen atoms in total. The quantitative estimate of drug-likeness (QED) is 0.685. The van der Waals surface area contributed by atoms with Crippen LogP contribution in [0, 0.1) is 0 Å². The van der Waals surface area contributed by atoms with E-state index in [9.17, 15) is 14.7 Å². The molecule has 3 heterocycles. The van der Waals surface area contributed by atoms with Gasteiger partial charge in [-0.1, -0.05) is 23.7 Å². The molecular weight excluding hydrogens is 384 g/mol. The van der Waals surface area contributed by atoms with Crippen molar-refractivity contribution in [3.8, 4) is 5.69 Å². The second-order valence-electron chi connectivity index (χ2n) is 7.36. The molecule has 0 spiro atoms. The van der Waals surface area contributed by atoms with Crippen LogP contribution in [0.25, 0.3) is 16.7 Å². The maximum absolute atomic E-state index is 11.9. The molecule has 28 heavy (non-hydrogen) atoms. The lowest BCUT2D eigenvalue weighted by Crippen LogP contribution is -2.51. The molecule has 4 rings (SSSR count). The van der Waals surface area contributed by atoms with Gasteiger partial charge < -0.3 is 14.8 Å². The average Bonchev–Trinajstić information content (AvgIpc) is 2.99. The van der Waals surface area contributed by atoms with E-state index in [0.29, 0.717) is 16.2 Å². The van der Waals surface area contributed by atoms with Crippen LogP contribution in [0.5, 0.6) is 0 Å². The van der Waals surface area contributed by atoms with E-state index in [1.54, 1.807) is 10.6 Å². The molecule has 0 bridgehead atoms. The lowest BCUT2D eigenvalue weighted by Gasteiger charge is -2.42. The third-order valence-electron chi connectivity index (χ3n) is 4.90. The SMILES string of the molecule is CC1(C)CN(C(=O)O)[C@H](c2ccc(-n3c(Cl)cc4c(=O)[nH]cnc43)cc2)CO1. The number of rotatable bonds is 2. The summed E-state index contributed by atoms with van der Waals surface area (Å²) in [5.74, 6) is 0. The largest absolute Gasteiger partial charge is 0.465 e. The van der Waals surface area contributed by atoms with Gasteiger partial charge in [-0.25, -0.2) is 9.78 Å². The van der Waals surface area contributed by atoms with Gasteiger partial charge in [0.1, 0.15) is 5.15 Å². The third kappa shape index (κ3) is 3.14. The number of carbonyl (C=O) groups is 1. The van der Waals surface area contributed by atoms with Gasteiger partial charge in [0, 0.05) is 5.69 Å². The van der Waals surface area contributed by atoms with Crippen LogP contribution in [-0.4, -0.2) is 49.4 Å². The number of nitrogens with one attached hydrogen (secondary N) is 1. The van der Waals surface area contributed by atoms with Gasteiger partial charge in [0.15, 0.2) is 5.65 Å². The first kappa shape index (κ1) is 18.5. The van der Waals surface area contributed by atoms with Crippen molar-refractivity contribution < 1.29 is 14.6 Å². The number of H-pyrrole nitrogens is 1. The smallest absolute Gasteiger partial charge is 0.407 e. The molecule has 9 heteroatoms. The molecule has 1 fully saturated rings. The number of benzene rings is 1. The molecular formula is C19H19ClN4O4. The van der Waals surface area contributed by atoms with Gasteiger partial charge in [0.2, 0.25) is 0 Å². The normalized spacial score (nSPS) is 19.1. The molecule has 1 aliphatic heterocycles. The van der Waals surface area contributed by atoms with Crippen LogP contribution in [0.4, 0.5) is 4.79 Å². The van der Waals surface area contributed by atoms with Crippen molar-refractivity contribution in [3.63, 3.8) is 0 Å². The predicted molar refractivity (Wildman–Crippen MR) is 104 cm³/mol. The third-order valence-corrected chi connectivity index (χ3v) is 5.18. The Hall–Kier alpha value is -2.84. The Morgan fingerprint density at radius 3 is 2.75 bits per heavy atom. The number of amides is 1. The van der Waals surface area contributed by atoms with Crippen LogP contribution >= 0.6 is 11.6 Å². The molecule has 1 saturated heterocycles. The second-order valence-corrected chi connectivity index (χ2v) is 7.75. The Balaban J connectivity index is 1.70. The Morgan fingerprint density at radius 1 is 1.36 bits per heavy atom. The summed E-state index contributed by atoms with van der Waals surface area (Å²) in [5, 5.41) is 10.4. The van der Waals surface area contributed by atoms with Crippen LogP contribution in [-0.2, 0) is 4.74 Å². The number of aromatic amines is 1. The second kappa shape index (κ2) is 6.65. The molecule has 0 radical (unpaired) electrons. The summed E-state index contributed by atoms with van der Waals surface area (Å²) in [6, 6.07) is 8.50. The highest BCUT2D eigenvalue weighted by Crippen LogP contribution is 2.32. The monoisotopic (exact) mass is 402 g/mol. The topological polar surface area (TPSA) is 100 Å². The van der Waals surface area contributed by atoms with E-state index in [1.807, 2.05) is 38.1 Å². The number of halogens is 1. The van der Waals surface area contributed by atoms with Crippen molar-refractivity contribution in [2.24, 2.45) is 0 Å².